The molecule has 0 aromatic rings. The molecule has 0 radical (unpaired) electrons. The van der Waals surface area contributed by atoms with Crippen molar-refractivity contribution in [2.75, 3.05) is 26.2 Å². The van der Waals surface area contributed by atoms with Gasteiger partial charge in [-0.05, 0) is 13.8 Å². The summed E-state index contributed by atoms with van der Waals surface area (Å²) in [5.74, 6) is 3.65. The summed E-state index contributed by atoms with van der Waals surface area (Å²) in [6, 6.07) is 0. The van der Waals surface area contributed by atoms with Gasteiger partial charge in [0, 0.05) is 20.5 Å². The van der Waals surface area contributed by atoms with Crippen molar-refractivity contribution in [2.24, 2.45) is 0 Å². The van der Waals surface area contributed by atoms with Crippen molar-refractivity contribution in [2.45, 2.75) is 52.9 Å². The topological polar surface area (TPSA) is 207 Å². The summed E-state index contributed by atoms with van der Waals surface area (Å²) in [6.45, 7) is 4.74. The zero-order valence-electron chi connectivity index (χ0n) is 16.8. The van der Waals surface area contributed by atoms with Gasteiger partial charge in [0.2, 0.25) is 5.91 Å². The molecule has 0 aromatic carbocycles. The number of rotatable bonds is 9. The SMILES string of the molecule is C.CC#CCNC(C)=O.COP(=O)([O-])OP(=O)([O-])CP(=O)([O-])OC[C@H]1O[C@@H](C)CC1O. The molecule has 1 amide bonds. The Bertz CT molecular complexity index is 764. The van der Waals surface area contributed by atoms with Crippen molar-refractivity contribution in [1.82, 2.24) is 5.32 Å². The fraction of sp³-hybridized carbons (Fsp3) is 0.800. The van der Waals surface area contributed by atoms with Crippen LogP contribution >= 0.6 is 23.0 Å². The van der Waals surface area contributed by atoms with Crippen LogP contribution < -0.4 is 20.0 Å². The van der Waals surface area contributed by atoms with E-state index in [4.69, 9.17) is 4.74 Å². The fourth-order valence-electron chi connectivity index (χ4n) is 2.00. The van der Waals surface area contributed by atoms with E-state index in [0.717, 1.165) is 0 Å². The monoisotopic (exact) mass is 508 g/mol. The second-order valence-electron chi connectivity index (χ2n) is 6.00. The van der Waals surface area contributed by atoms with E-state index < -0.39 is 47.7 Å². The number of aliphatic hydroxyl groups excluding tert-OH is 1. The lowest BCUT2D eigenvalue weighted by Gasteiger charge is -2.34. The Balaban J connectivity index is 0. The van der Waals surface area contributed by atoms with Crippen LogP contribution in [0.1, 0.15) is 34.6 Å². The highest BCUT2D eigenvalue weighted by atomic mass is 31.3. The second-order valence-corrected chi connectivity index (χ2v) is 11.7. The minimum Gasteiger partial charge on any atom is -0.778 e. The van der Waals surface area contributed by atoms with Crippen LogP contribution in [0.3, 0.4) is 0 Å². The number of phosphoric acid groups is 1. The molecule has 1 saturated heterocycles. The summed E-state index contributed by atoms with van der Waals surface area (Å²) in [5, 5.41) is 12.1. The first-order valence-electron chi connectivity index (χ1n) is 8.43. The van der Waals surface area contributed by atoms with E-state index >= 15 is 0 Å². The van der Waals surface area contributed by atoms with Gasteiger partial charge >= 0.3 is 0 Å². The van der Waals surface area contributed by atoms with Crippen LogP contribution in [-0.2, 0) is 36.6 Å². The standard InChI is InChI=1S/C8H19O11P3.C6H9NO.CH4/c1-6-3-7(9)8(18-6)4-17-20(10,11)5-21(12,13)19-22(14,15)16-2;1-3-4-5-7-6(2)8;/h6-9H,3-5H2,1-2H3,(H,10,11)(H,12,13)(H,14,15);5H2,1-2H3,(H,7,8);1H4/p-3/t6-,7?,8+;;/m0../s1. The molecule has 1 aliphatic heterocycles. The number of carbonyl (C=O) groups is 1. The molecule has 1 heterocycles. The molecule has 31 heavy (non-hydrogen) atoms. The number of phosphoric ester groups is 1. The van der Waals surface area contributed by atoms with Gasteiger partial charge in [-0.2, -0.15) is 0 Å². The quantitative estimate of drug-likeness (QED) is 0.299. The smallest absolute Gasteiger partial charge is 0.272 e. The lowest BCUT2D eigenvalue weighted by molar-refractivity contribution is -0.230. The summed E-state index contributed by atoms with van der Waals surface area (Å²) in [4.78, 5) is 43.9. The number of ether oxygens (including phenoxy) is 1. The molecule has 1 rings (SSSR count). The summed E-state index contributed by atoms with van der Waals surface area (Å²) in [6.07, 6.45) is -1.88. The summed E-state index contributed by atoms with van der Waals surface area (Å²) in [5.41, 5.74) is 0. The Kier molecular flexibility index (Phi) is 15.3. The molecule has 0 bridgehead atoms. The van der Waals surface area contributed by atoms with Crippen LogP contribution in [0.2, 0.25) is 0 Å². The molecule has 0 aromatic heterocycles. The largest absolute Gasteiger partial charge is 0.778 e. The van der Waals surface area contributed by atoms with E-state index in [9.17, 15) is 38.3 Å². The molecule has 0 saturated carbocycles. The minimum absolute atomic E-state index is 0. The van der Waals surface area contributed by atoms with Gasteiger partial charge < -0.3 is 48.0 Å². The van der Waals surface area contributed by atoms with Crippen LogP contribution in [0.5, 0.6) is 0 Å². The zero-order chi connectivity index (χ0) is 23.6. The molecule has 16 heteroatoms. The first-order valence-corrected chi connectivity index (χ1v) is 13.3. The molecule has 2 N–H and O–H groups in total. The van der Waals surface area contributed by atoms with Gasteiger partial charge in [-0.1, -0.05) is 13.3 Å². The predicted octanol–water partition coefficient (Wildman–Crippen LogP) is -0.481. The molecule has 6 atom stereocenters. The van der Waals surface area contributed by atoms with E-state index in [-0.39, 0.29) is 25.9 Å². The van der Waals surface area contributed by atoms with Crippen molar-refractivity contribution >= 4 is 28.9 Å². The average molecular weight is 508 g/mol. The number of aliphatic hydroxyl groups is 1. The van der Waals surface area contributed by atoms with Crippen LogP contribution in [0.25, 0.3) is 0 Å². The molecule has 0 spiro atoms. The van der Waals surface area contributed by atoms with E-state index in [0.29, 0.717) is 13.7 Å². The third-order valence-electron chi connectivity index (χ3n) is 3.24. The molecular weight excluding hydrogens is 479 g/mol. The zero-order valence-corrected chi connectivity index (χ0v) is 19.5. The van der Waals surface area contributed by atoms with Gasteiger partial charge in [0.15, 0.2) is 7.60 Å². The first kappa shape index (κ1) is 32.6. The number of hydrogen-bond donors (Lipinski definition) is 2. The molecule has 13 nitrogen and oxygen atoms in total. The summed E-state index contributed by atoms with van der Waals surface area (Å²) < 4.78 is 50.8. The van der Waals surface area contributed by atoms with Crippen molar-refractivity contribution in [3.8, 4) is 11.8 Å². The molecule has 184 valence electrons. The van der Waals surface area contributed by atoms with E-state index in [2.05, 4.69) is 30.5 Å². The highest BCUT2D eigenvalue weighted by Gasteiger charge is 2.33. The Morgan fingerprint density at radius 2 is 1.84 bits per heavy atom. The van der Waals surface area contributed by atoms with Gasteiger partial charge in [-0.15, -0.1) is 5.92 Å². The van der Waals surface area contributed by atoms with Gasteiger partial charge in [0.25, 0.3) is 7.82 Å². The predicted molar refractivity (Wildman–Crippen MR) is 106 cm³/mol. The normalized spacial score (nSPS) is 25.7. The Morgan fingerprint density at radius 3 is 2.26 bits per heavy atom. The van der Waals surface area contributed by atoms with Gasteiger partial charge in [-0.25, -0.2) is 0 Å². The Labute approximate surface area is 182 Å². The Hall–Kier alpha value is -0.600. The maximum Gasteiger partial charge on any atom is 0.272 e. The Morgan fingerprint density at radius 1 is 1.26 bits per heavy atom. The van der Waals surface area contributed by atoms with E-state index in [1.165, 1.54) is 6.92 Å². The van der Waals surface area contributed by atoms with Gasteiger partial charge in [0.05, 0.1) is 31.3 Å². The molecule has 1 fully saturated rings. The molecule has 0 aliphatic carbocycles. The molecular formula is C15H29NO12P3-3. The van der Waals surface area contributed by atoms with Crippen LogP contribution in [0.4, 0.5) is 0 Å². The maximum atomic E-state index is 11.5. The first-order chi connectivity index (χ1) is 13.6. The number of nitrogens with one attached hydrogen (secondary N) is 1. The van der Waals surface area contributed by atoms with Crippen molar-refractivity contribution in [1.29, 1.82) is 0 Å². The number of carbonyl (C=O) groups excluding carboxylic acids is 1. The van der Waals surface area contributed by atoms with Gasteiger partial charge in [-0.3, -0.25) is 13.7 Å². The highest BCUT2D eigenvalue weighted by molar-refractivity contribution is 7.72. The second kappa shape index (κ2) is 14.5. The van der Waals surface area contributed by atoms with Gasteiger partial charge in [0.1, 0.15) is 13.7 Å². The van der Waals surface area contributed by atoms with Crippen molar-refractivity contribution < 1.29 is 56.4 Å². The number of hydrogen-bond acceptors (Lipinski definition) is 12. The van der Waals surface area contributed by atoms with E-state index in [1.54, 1.807) is 13.8 Å². The van der Waals surface area contributed by atoms with Crippen LogP contribution in [-0.4, -0.2) is 55.5 Å². The van der Waals surface area contributed by atoms with Crippen molar-refractivity contribution in [3.63, 3.8) is 0 Å². The van der Waals surface area contributed by atoms with Crippen molar-refractivity contribution in [3.05, 3.63) is 0 Å². The molecule has 4 unspecified atom stereocenters. The van der Waals surface area contributed by atoms with Crippen LogP contribution in [0, 0.1) is 11.8 Å². The highest BCUT2D eigenvalue weighted by Crippen LogP contribution is 2.61. The number of amides is 1. The summed E-state index contributed by atoms with van der Waals surface area (Å²) in [7, 11) is -14.8. The van der Waals surface area contributed by atoms with Crippen LogP contribution in [0.15, 0.2) is 0 Å². The lowest BCUT2D eigenvalue weighted by atomic mass is 10.1. The third kappa shape index (κ3) is 15.8. The lowest BCUT2D eigenvalue weighted by Crippen LogP contribution is -2.27. The summed E-state index contributed by atoms with van der Waals surface area (Å²) >= 11 is 0. The van der Waals surface area contributed by atoms with E-state index in [1.807, 2.05) is 0 Å². The fourth-order valence-corrected chi connectivity index (χ4v) is 6.55. The average Bonchev–Trinajstić information content (AvgIpc) is 2.89. The maximum absolute atomic E-state index is 11.5. The minimum atomic E-state index is -5.30. The third-order valence-corrected chi connectivity index (χ3v) is 8.80. The molecule has 1 aliphatic rings.